The van der Waals surface area contributed by atoms with Gasteiger partial charge in [0.25, 0.3) is 0 Å². The molecule has 2 aliphatic rings. The molecule has 4 aromatic heterocycles. The third-order valence-electron chi connectivity index (χ3n) is 18.0. The lowest BCUT2D eigenvalue weighted by atomic mass is 9.97. The van der Waals surface area contributed by atoms with Gasteiger partial charge in [-0.05, 0) is 137 Å². The molecule has 0 radical (unpaired) electrons. The van der Waals surface area contributed by atoms with E-state index in [0.29, 0.717) is 18.2 Å². The number of nitrogens with zero attached hydrogens (tertiary/aromatic N) is 5. The van der Waals surface area contributed by atoms with Gasteiger partial charge in [-0.2, -0.15) is 0 Å². The Morgan fingerprint density at radius 2 is 0.967 bits per heavy atom. The summed E-state index contributed by atoms with van der Waals surface area (Å²) in [6, 6.07) is 87.4. The number of fused-ring (bicyclic) bond motifs is 12. The Morgan fingerprint density at radius 3 is 1.71 bits per heavy atom. The summed E-state index contributed by atoms with van der Waals surface area (Å²) in [5.41, 5.74) is 22.3. The SMILES string of the molecule is C=N/C(=N\C(=N/Cc1cccc(-n2c3ccccc3c3cc(-c4ccc5c(c4)c4cc(-c6ccc(-c7cccc8c9c(oc78)C=CCC=C9)cc6)ccc4n5-c4ccc(-c5cccc6c5oc5ccccc56)cc4)ccc32)c1)c1ccccc1)C1=CC=CCC=C1. The van der Waals surface area contributed by atoms with Crippen molar-refractivity contribution in [3.63, 3.8) is 0 Å². The topological polar surface area (TPSA) is 73.2 Å². The van der Waals surface area contributed by atoms with Crippen LogP contribution < -0.4 is 0 Å². The molecule has 430 valence electrons. The lowest BCUT2D eigenvalue weighted by molar-refractivity contribution is 0.604. The summed E-state index contributed by atoms with van der Waals surface area (Å²) in [7, 11) is 0. The highest BCUT2D eigenvalue weighted by Gasteiger charge is 2.21. The highest BCUT2D eigenvalue weighted by Crippen LogP contribution is 2.43. The fourth-order valence-electron chi connectivity index (χ4n) is 13.6. The summed E-state index contributed by atoms with van der Waals surface area (Å²) in [5.74, 6) is 2.04. The van der Waals surface area contributed by atoms with Crippen LogP contribution in [0.4, 0.5) is 0 Å². The van der Waals surface area contributed by atoms with Crippen LogP contribution >= 0.6 is 0 Å². The van der Waals surface area contributed by atoms with Crippen LogP contribution in [0.25, 0.3) is 145 Å². The average molecular weight is 1170 g/mol. The van der Waals surface area contributed by atoms with Crippen LogP contribution in [0.15, 0.2) is 315 Å². The molecule has 11 aromatic carbocycles. The largest absolute Gasteiger partial charge is 0.455 e. The van der Waals surface area contributed by atoms with Crippen LogP contribution in [0.5, 0.6) is 0 Å². The first-order valence-electron chi connectivity index (χ1n) is 31.0. The number of rotatable bonds is 10. The Morgan fingerprint density at radius 1 is 0.407 bits per heavy atom. The van der Waals surface area contributed by atoms with Crippen LogP contribution in [0.1, 0.15) is 35.3 Å². The predicted octanol–water partition coefficient (Wildman–Crippen LogP) is 22.1. The molecular formula is C84H57N5O2. The van der Waals surface area contributed by atoms with Gasteiger partial charge in [0, 0.05) is 76.9 Å². The van der Waals surface area contributed by atoms with Gasteiger partial charge >= 0.3 is 0 Å². The third-order valence-corrected chi connectivity index (χ3v) is 18.0. The zero-order chi connectivity index (χ0) is 60.4. The first kappa shape index (κ1) is 53.3. The van der Waals surface area contributed by atoms with Crippen LogP contribution in [0.2, 0.25) is 0 Å². The van der Waals surface area contributed by atoms with E-state index in [4.69, 9.17) is 18.8 Å². The highest BCUT2D eigenvalue weighted by atomic mass is 16.3. The normalized spacial score (nSPS) is 13.5. The fourth-order valence-corrected chi connectivity index (χ4v) is 13.6. The number of amidine groups is 2. The zero-order valence-electron chi connectivity index (χ0n) is 49.7. The smallest absolute Gasteiger partial charge is 0.160 e. The second-order valence-corrected chi connectivity index (χ2v) is 23.3. The molecule has 0 aliphatic heterocycles. The van der Waals surface area contributed by atoms with E-state index in [2.05, 4.69) is 257 Å². The van der Waals surface area contributed by atoms with E-state index in [1.165, 1.54) is 21.5 Å². The molecule has 15 aromatic rings. The molecule has 0 fully saturated rings. The van der Waals surface area contributed by atoms with E-state index >= 15 is 0 Å². The number of benzene rings is 11. The number of hydrogen-bond acceptors (Lipinski definition) is 3. The summed E-state index contributed by atoms with van der Waals surface area (Å²) < 4.78 is 17.9. The van der Waals surface area contributed by atoms with Gasteiger partial charge in [0.05, 0.1) is 28.6 Å². The van der Waals surface area contributed by atoms with Crippen molar-refractivity contribution >= 4 is 107 Å². The average Bonchev–Trinajstić information content (AvgIpc) is 1.70. The van der Waals surface area contributed by atoms with E-state index in [1.807, 2.05) is 60.7 Å². The van der Waals surface area contributed by atoms with Gasteiger partial charge in [-0.15, -0.1) is 0 Å². The molecule has 0 spiro atoms. The second kappa shape index (κ2) is 22.3. The van der Waals surface area contributed by atoms with E-state index in [0.717, 1.165) is 152 Å². The van der Waals surface area contributed by atoms with Crippen molar-refractivity contribution in [2.24, 2.45) is 15.0 Å². The van der Waals surface area contributed by atoms with E-state index in [1.54, 1.807) is 0 Å². The molecule has 7 heteroatoms. The fraction of sp³-hybridized carbons (Fsp3) is 0.0357. The Labute approximate surface area is 525 Å². The Balaban J connectivity index is 0.754. The lowest BCUT2D eigenvalue weighted by Crippen LogP contribution is -2.06. The minimum absolute atomic E-state index is 0.419. The van der Waals surface area contributed by atoms with Crippen molar-refractivity contribution in [2.75, 3.05) is 0 Å². The third kappa shape index (κ3) is 9.41. The zero-order valence-corrected chi connectivity index (χ0v) is 49.7. The molecule has 4 heterocycles. The van der Waals surface area contributed by atoms with Gasteiger partial charge in [0.15, 0.2) is 11.7 Å². The van der Waals surface area contributed by atoms with Crippen molar-refractivity contribution < 1.29 is 8.83 Å². The first-order chi connectivity index (χ1) is 45.1. The van der Waals surface area contributed by atoms with Gasteiger partial charge < -0.3 is 18.0 Å². The molecule has 2 aliphatic carbocycles. The molecule has 0 amide bonds. The van der Waals surface area contributed by atoms with Gasteiger partial charge in [-0.25, -0.2) is 9.98 Å². The minimum Gasteiger partial charge on any atom is -0.455 e. The summed E-state index contributed by atoms with van der Waals surface area (Å²) in [4.78, 5) is 14.5. The van der Waals surface area contributed by atoms with E-state index in [9.17, 15) is 0 Å². The molecule has 17 rings (SSSR count). The quantitative estimate of drug-likeness (QED) is 0.101. The van der Waals surface area contributed by atoms with Crippen molar-refractivity contribution in [2.45, 2.75) is 19.4 Å². The molecule has 0 bridgehead atoms. The number of para-hydroxylation sites is 4. The van der Waals surface area contributed by atoms with E-state index in [-0.39, 0.29) is 0 Å². The standard InChI is InChI=1S/C84H57N5O2/c1-85-83(58-20-6-2-3-7-21-58)87-84(59-22-8-4-9-23-59)86-53-54-19-16-24-64(49-54)89-75-32-14-12-25-67(75)72-51-61(42-47-76(72)89)62-43-48-78-74(52-62)73-50-60(55-35-37-56(38-36-55)65-28-17-30-70-68-26-10-5-11-33-79(68)90-81(65)70)41-46-77(73)88(78)63-44-39-57(40-45-63)66-29-18-31-71-69-27-13-15-34-80(69)91-82(66)71/h2,4,6-52H,1,3,5,53H2/b86-84-,87-83-. The summed E-state index contributed by atoms with van der Waals surface area (Å²) in [6.45, 7) is 4.31. The number of furan rings is 2. The van der Waals surface area contributed by atoms with Crippen molar-refractivity contribution in [3.8, 4) is 55.9 Å². The van der Waals surface area contributed by atoms with Gasteiger partial charge in [-0.1, -0.05) is 218 Å². The Kier molecular flexibility index (Phi) is 13.1. The molecule has 0 unspecified atom stereocenters. The maximum atomic E-state index is 6.55. The van der Waals surface area contributed by atoms with E-state index < -0.39 is 0 Å². The molecule has 91 heavy (non-hydrogen) atoms. The Hall–Kier alpha value is -11.9. The molecule has 0 saturated carbocycles. The first-order valence-corrected chi connectivity index (χ1v) is 31.0. The number of aromatic nitrogens is 2. The molecule has 0 saturated heterocycles. The predicted molar refractivity (Wildman–Crippen MR) is 381 cm³/mol. The highest BCUT2D eigenvalue weighted by molar-refractivity contribution is 6.16. The lowest BCUT2D eigenvalue weighted by Gasteiger charge is -2.11. The molecule has 0 atom stereocenters. The van der Waals surface area contributed by atoms with Crippen LogP contribution in [0, 0.1) is 0 Å². The molecule has 0 N–H and O–H groups in total. The minimum atomic E-state index is 0.419. The van der Waals surface area contributed by atoms with Gasteiger partial charge in [0.1, 0.15) is 22.5 Å². The van der Waals surface area contributed by atoms with Crippen LogP contribution in [-0.4, -0.2) is 27.5 Å². The van der Waals surface area contributed by atoms with Gasteiger partial charge in [-0.3, -0.25) is 4.99 Å². The maximum Gasteiger partial charge on any atom is 0.160 e. The summed E-state index contributed by atoms with van der Waals surface area (Å²) in [5, 5.41) is 8.08. The van der Waals surface area contributed by atoms with Gasteiger partial charge in [0.2, 0.25) is 0 Å². The summed E-state index contributed by atoms with van der Waals surface area (Å²) >= 11 is 0. The molecule has 7 nitrogen and oxygen atoms in total. The van der Waals surface area contributed by atoms with Crippen LogP contribution in [-0.2, 0) is 6.54 Å². The van der Waals surface area contributed by atoms with Crippen molar-refractivity contribution in [1.29, 1.82) is 0 Å². The number of aliphatic imine (C=N–C) groups is 3. The Bertz CT molecular complexity index is 5680. The van der Waals surface area contributed by atoms with Crippen molar-refractivity contribution in [3.05, 3.63) is 313 Å². The summed E-state index contributed by atoms with van der Waals surface area (Å²) in [6.07, 6.45) is 20.7. The number of hydrogen-bond donors (Lipinski definition) is 0. The van der Waals surface area contributed by atoms with Crippen molar-refractivity contribution in [1.82, 2.24) is 9.13 Å². The van der Waals surface area contributed by atoms with Crippen LogP contribution in [0.3, 0.4) is 0 Å². The molecular weight excluding hydrogens is 1110 g/mol. The second-order valence-electron chi connectivity index (χ2n) is 23.3. The monoisotopic (exact) mass is 1170 g/mol. The number of allylic oxidation sites excluding steroid dienone is 6. The maximum absolute atomic E-state index is 6.55.